The molecule has 1 aromatic heterocycles. The van der Waals surface area contributed by atoms with Crippen LogP contribution in [0.2, 0.25) is 0 Å². The van der Waals surface area contributed by atoms with E-state index in [2.05, 4.69) is 5.32 Å². The zero-order chi connectivity index (χ0) is 23.2. The fourth-order valence-corrected chi connectivity index (χ4v) is 4.30. The van der Waals surface area contributed by atoms with E-state index in [0.717, 1.165) is 12.5 Å². The minimum atomic E-state index is -1.27. The topological polar surface area (TPSA) is 104 Å². The Balaban J connectivity index is 1.60. The number of nitrogens with zero attached hydrogens (tertiary/aromatic N) is 2. The van der Waals surface area contributed by atoms with Gasteiger partial charge in [-0.05, 0) is 12.0 Å². The first-order valence-electron chi connectivity index (χ1n) is 10.5. The van der Waals surface area contributed by atoms with Crippen molar-refractivity contribution < 1.29 is 28.5 Å². The number of aromatic nitrogens is 1. The normalized spacial score (nSPS) is 23.5. The fourth-order valence-electron chi connectivity index (χ4n) is 4.30. The summed E-state index contributed by atoms with van der Waals surface area (Å²) >= 11 is 0. The molecule has 10 heteroatoms. The molecule has 2 aliphatic rings. The summed E-state index contributed by atoms with van der Waals surface area (Å²) in [5, 5.41) is 23.9. The minimum absolute atomic E-state index is 0.00572. The number of aromatic hydroxyl groups is 1. The number of ether oxygens (including phenoxy) is 1. The lowest BCUT2D eigenvalue weighted by Crippen LogP contribution is -2.49. The molecule has 4 atom stereocenters. The SMILES string of the molecule is CC[C@H](C)[C@H]1CO[C@@H]2Cn3cc(C(=O)NCc4ccc(F)cc4F)c(=O)c(O)c3C(O)N12. The number of carbonyl (C=O) groups excluding carboxylic acids is 1. The predicted molar refractivity (Wildman–Crippen MR) is 110 cm³/mol. The van der Waals surface area contributed by atoms with Gasteiger partial charge in [-0.25, -0.2) is 13.7 Å². The molecule has 0 bridgehead atoms. The zero-order valence-corrected chi connectivity index (χ0v) is 17.7. The molecule has 32 heavy (non-hydrogen) atoms. The molecule has 1 fully saturated rings. The largest absolute Gasteiger partial charge is 0.503 e. The summed E-state index contributed by atoms with van der Waals surface area (Å²) in [4.78, 5) is 27.1. The zero-order valence-electron chi connectivity index (χ0n) is 17.7. The minimum Gasteiger partial charge on any atom is -0.503 e. The van der Waals surface area contributed by atoms with Gasteiger partial charge in [-0.1, -0.05) is 26.3 Å². The van der Waals surface area contributed by atoms with Crippen LogP contribution >= 0.6 is 0 Å². The third-order valence-corrected chi connectivity index (χ3v) is 6.35. The van der Waals surface area contributed by atoms with Crippen molar-refractivity contribution in [1.82, 2.24) is 14.8 Å². The van der Waals surface area contributed by atoms with E-state index in [-0.39, 0.29) is 41.9 Å². The maximum Gasteiger partial charge on any atom is 0.257 e. The van der Waals surface area contributed by atoms with Crippen LogP contribution in [-0.2, 0) is 17.8 Å². The number of hydrogen-bond donors (Lipinski definition) is 3. The number of fused-ring (bicyclic) bond motifs is 2. The Morgan fingerprint density at radius 1 is 1.38 bits per heavy atom. The Bertz CT molecular complexity index is 1110. The summed E-state index contributed by atoms with van der Waals surface area (Å²) in [6.07, 6.45) is 0.390. The molecule has 2 aromatic rings. The molecule has 0 radical (unpaired) electrons. The number of hydrogen-bond acceptors (Lipinski definition) is 6. The van der Waals surface area contributed by atoms with Crippen molar-refractivity contribution in [3.05, 3.63) is 63.1 Å². The van der Waals surface area contributed by atoms with E-state index in [1.807, 2.05) is 13.8 Å². The van der Waals surface area contributed by atoms with Crippen LogP contribution in [-0.4, -0.2) is 44.5 Å². The van der Waals surface area contributed by atoms with Crippen molar-refractivity contribution in [2.24, 2.45) is 5.92 Å². The smallest absolute Gasteiger partial charge is 0.257 e. The molecule has 0 aliphatic carbocycles. The number of amides is 1. The molecule has 3 N–H and O–H groups in total. The van der Waals surface area contributed by atoms with Crippen LogP contribution in [0.1, 0.15) is 48.1 Å². The van der Waals surface area contributed by atoms with Crippen molar-refractivity contribution in [2.45, 2.75) is 51.9 Å². The third-order valence-electron chi connectivity index (χ3n) is 6.35. The Labute approximate surface area is 183 Å². The van der Waals surface area contributed by atoms with Gasteiger partial charge in [0.25, 0.3) is 5.91 Å². The van der Waals surface area contributed by atoms with Gasteiger partial charge in [0.05, 0.1) is 13.2 Å². The lowest BCUT2D eigenvalue weighted by molar-refractivity contribution is -0.111. The van der Waals surface area contributed by atoms with Gasteiger partial charge in [-0.2, -0.15) is 0 Å². The second kappa shape index (κ2) is 8.61. The van der Waals surface area contributed by atoms with Gasteiger partial charge in [0.2, 0.25) is 5.43 Å². The standard InChI is InChI=1S/C22H25F2N3O5/c1-3-11(2)16-10-32-17-9-26-8-14(19(28)20(29)18(26)22(31)27(16)17)21(30)25-7-12-4-5-13(23)6-15(12)24/h4-6,8,11,16-17,22,29,31H,3,7,9-10H2,1-2H3,(H,25,30)/t11-,16+,17+,22?/m0/s1. The second-order valence-electron chi connectivity index (χ2n) is 8.24. The lowest BCUT2D eigenvalue weighted by Gasteiger charge is -2.40. The van der Waals surface area contributed by atoms with Crippen LogP contribution in [0.5, 0.6) is 5.75 Å². The van der Waals surface area contributed by atoms with Crippen molar-refractivity contribution in [1.29, 1.82) is 0 Å². The van der Waals surface area contributed by atoms with Crippen molar-refractivity contribution >= 4 is 5.91 Å². The molecular formula is C22H25F2N3O5. The summed E-state index contributed by atoms with van der Waals surface area (Å²) < 4.78 is 34.1. The van der Waals surface area contributed by atoms with Crippen molar-refractivity contribution in [3.63, 3.8) is 0 Å². The Kier molecular flexibility index (Phi) is 6.02. The maximum absolute atomic E-state index is 13.8. The first kappa shape index (κ1) is 22.4. The number of pyridine rings is 1. The van der Waals surface area contributed by atoms with Gasteiger partial charge in [-0.3, -0.25) is 9.59 Å². The van der Waals surface area contributed by atoms with Crippen molar-refractivity contribution in [3.8, 4) is 5.75 Å². The first-order chi connectivity index (χ1) is 15.2. The van der Waals surface area contributed by atoms with Gasteiger partial charge in [0.1, 0.15) is 29.1 Å². The van der Waals surface area contributed by atoms with Crippen molar-refractivity contribution in [2.75, 3.05) is 6.61 Å². The average Bonchev–Trinajstić information content (AvgIpc) is 3.19. The number of aliphatic hydroxyl groups excluding tert-OH is 1. The molecule has 172 valence electrons. The number of halogens is 2. The molecule has 1 aromatic carbocycles. The molecule has 0 saturated carbocycles. The van der Waals surface area contributed by atoms with Gasteiger partial charge in [0, 0.05) is 30.4 Å². The third kappa shape index (κ3) is 3.78. The van der Waals surface area contributed by atoms with Crippen LogP contribution in [0.25, 0.3) is 0 Å². The summed E-state index contributed by atoms with van der Waals surface area (Å²) in [7, 11) is 0. The molecule has 4 rings (SSSR count). The first-order valence-corrected chi connectivity index (χ1v) is 10.5. The Morgan fingerprint density at radius 2 is 2.12 bits per heavy atom. The fraction of sp³-hybridized carbons (Fsp3) is 0.455. The number of nitrogens with one attached hydrogen (secondary N) is 1. The highest BCUT2D eigenvalue weighted by Crippen LogP contribution is 2.39. The molecule has 1 saturated heterocycles. The molecular weight excluding hydrogens is 424 g/mol. The van der Waals surface area contributed by atoms with E-state index in [1.54, 1.807) is 4.90 Å². The number of aliphatic hydroxyl groups is 1. The van der Waals surface area contributed by atoms with Gasteiger partial charge in [-0.15, -0.1) is 0 Å². The number of benzene rings is 1. The molecule has 2 aliphatic heterocycles. The highest BCUT2D eigenvalue weighted by molar-refractivity contribution is 5.94. The van der Waals surface area contributed by atoms with Crippen LogP contribution < -0.4 is 10.7 Å². The summed E-state index contributed by atoms with van der Waals surface area (Å²) in [5.41, 5.74) is -1.24. The van der Waals surface area contributed by atoms with E-state index in [4.69, 9.17) is 4.74 Å². The quantitative estimate of drug-likeness (QED) is 0.644. The van der Waals surface area contributed by atoms with Gasteiger partial charge in [0.15, 0.2) is 12.0 Å². The molecule has 1 amide bonds. The average molecular weight is 449 g/mol. The summed E-state index contributed by atoms with van der Waals surface area (Å²) in [5.74, 6) is -2.88. The van der Waals surface area contributed by atoms with E-state index in [1.165, 1.54) is 16.8 Å². The second-order valence-corrected chi connectivity index (χ2v) is 8.24. The van der Waals surface area contributed by atoms with E-state index >= 15 is 0 Å². The van der Waals surface area contributed by atoms with Crippen LogP contribution in [0, 0.1) is 17.6 Å². The molecule has 8 nitrogen and oxygen atoms in total. The van der Waals surface area contributed by atoms with E-state index < -0.39 is 41.2 Å². The number of rotatable bonds is 5. The Hall–Kier alpha value is -2.82. The van der Waals surface area contributed by atoms with E-state index in [0.29, 0.717) is 12.7 Å². The van der Waals surface area contributed by atoms with Crippen LogP contribution in [0.3, 0.4) is 0 Å². The highest BCUT2D eigenvalue weighted by atomic mass is 19.1. The van der Waals surface area contributed by atoms with Gasteiger partial charge >= 0.3 is 0 Å². The predicted octanol–water partition coefficient (Wildman–Crippen LogP) is 1.84. The lowest BCUT2D eigenvalue weighted by atomic mass is 9.97. The van der Waals surface area contributed by atoms with Crippen LogP contribution in [0.4, 0.5) is 8.78 Å². The summed E-state index contributed by atoms with van der Waals surface area (Å²) in [6.45, 7) is 4.42. The summed E-state index contributed by atoms with van der Waals surface area (Å²) in [6, 6.07) is 2.88. The van der Waals surface area contributed by atoms with Crippen LogP contribution in [0.15, 0.2) is 29.2 Å². The monoisotopic (exact) mass is 449 g/mol. The molecule has 1 unspecified atom stereocenters. The maximum atomic E-state index is 13.8. The molecule has 0 spiro atoms. The number of carbonyl (C=O) groups is 1. The molecule has 3 heterocycles. The van der Waals surface area contributed by atoms with E-state index in [9.17, 15) is 28.6 Å². The van der Waals surface area contributed by atoms with Gasteiger partial charge < -0.3 is 24.8 Å². The highest BCUT2D eigenvalue weighted by Gasteiger charge is 2.46. The Morgan fingerprint density at radius 3 is 2.81 bits per heavy atom.